The molecule has 0 radical (unpaired) electrons. The van der Waals surface area contributed by atoms with Crippen LogP contribution >= 0.6 is 0 Å². The summed E-state index contributed by atoms with van der Waals surface area (Å²) in [6.07, 6.45) is 11.8. The molecule has 0 heterocycles. The lowest BCUT2D eigenvalue weighted by Crippen LogP contribution is -2.87. The second-order valence-electron chi connectivity index (χ2n) is 12.3. The minimum Gasteiger partial charge on any atom is -0.390 e. The van der Waals surface area contributed by atoms with E-state index in [0.29, 0.717) is 5.41 Å². The maximum absolute atomic E-state index is 11.4. The van der Waals surface area contributed by atoms with Crippen LogP contribution < -0.4 is 0 Å². The molecule has 0 amide bonds. The van der Waals surface area contributed by atoms with Crippen LogP contribution in [0.25, 0.3) is 0 Å². The van der Waals surface area contributed by atoms with Crippen molar-refractivity contribution in [2.24, 2.45) is 75.9 Å². The number of rotatable bonds is 0. The lowest BCUT2D eigenvalue weighted by atomic mass is 9.13. The van der Waals surface area contributed by atoms with E-state index in [-0.39, 0.29) is 5.60 Å². The summed E-state index contributed by atoms with van der Waals surface area (Å²) in [4.78, 5) is 0. The molecule has 8 atom stereocenters. The molecule has 13 saturated carbocycles. The first-order valence-electron chi connectivity index (χ1n) is 10.9. The molecule has 2 spiro atoms. The van der Waals surface area contributed by atoms with Gasteiger partial charge in [0.1, 0.15) is 0 Å². The normalized spacial score (nSPS) is 85.2. The predicted molar refractivity (Wildman–Crippen MR) is 85.1 cm³/mol. The molecule has 1 heteroatoms. The van der Waals surface area contributed by atoms with Crippen LogP contribution in [0, 0.1) is 75.9 Å². The summed E-state index contributed by atoms with van der Waals surface area (Å²) < 4.78 is 0. The van der Waals surface area contributed by atoms with Gasteiger partial charge in [0, 0.05) is 0 Å². The molecule has 13 fully saturated rings. The molecule has 23 heavy (non-hydrogen) atoms. The zero-order valence-electron chi connectivity index (χ0n) is 14.0. The van der Waals surface area contributed by atoms with Crippen molar-refractivity contribution >= 4 is 0 Å². The van der Waals surface area contributed by atoms with E-state index in [4.69, 9.17) is 0 Å². The molecular weight excluding hydrogens is 280 g/mol. The summed E-state index contributed by atoms with van der Waals surface area (Å²) in [6.45, 7) is 0. The number of hydrogen-bond acceptors (Lipinski definition) is 1. The van der Waals surface area contributed by atoms with Crippen LogP contribution in [0.2, 0.25) is 0 Å². The SMILES string of the molecule is OC12CC3C4CC56CC7CC8C9CC(C1)(C3C85)C(C4C2)C6C9C7. The first-order chi connectivity index (χ1) is 11.1. The van der Waals surface area contributed by atoms with Gasteiger partial charge in [-0.15, -0.1) is 0 Å². The van der Waals surface area contributed by atoms with E-state index in [1.54, 1.807) is 32.1 Å². The Morgan fingerprint density at radius 3 is 1.83 bits per heavy atom. The third-order valence-corrected chi connectivity index (χ3v) is 12.5. The van der Waals surface area contributed by atoms with Crippen molar-refractivity contribution in [1.82, 2.24) is 0 Å². The third kappa shape index (κ3) is 0.825. The van der Waals surface area contributed by atoms with Gasteiger partial charge < -0.3 is 5.11 Å². The maximum Gasteiger partial charge on any atom is 0.0659 e. The molecule has 8 unspecified atom stereocenters. The molecule has 0 aromatic rings. The van der Waals surface area contributed by atoms with E-state index in [9.17, 15) is 5.11 Å². The largest absolute Gasteiger partial charge is 0.390 e. The van der Waals surface area contributed by atoms with Gasteiger partial charge in [-0.3, -0.25) is 0 Å². The van der Waals surface area contributed by atoms with E-state index >= 15 is 0 Å². The average Bonchev–Trinajstić information content (AvgIpc) is 2.51. The highest BCUT2D eigenvalue weighted by molar-refractivity contribution is 5.36. The minimum absolute atomic E-state index is 0.216. The van der Waals surface area contributed by atoms with Gasteiger partial charge in [0.05, 0.1) is 5.60 Å². The zero-order valence-corrected chi connectivity index (χ0v) is 14.0. The lowest BCUT2D eigenvalue weighted by Gasteiger charge is -2.91. The summed E-state index contributed by atoms with van der Waals surface area (Å²) in [6, 6.07) is 0. The van der Waals surface area contributed by atoms with E-state index < -0.39 is 0 Å². The molecular formula is C22H28O. The van der Waals surface area contributed by atoms with E-state index in [0.717, 1.165) is 70.5 Å². The van der Waals surface area contributed by atoms with Crippen LogP contribution in [-0.2, 0) is 0 Å². The van der Waals surface area contributed by atoms with E-state index in [1.807, 2.05) is 0 Å². The first-order valence-corrected chi connectivity index (χ1v) is 10.9. The van der Waals surface area contributed by atoms with E-state index in [1.165, 1.54) is 19.3 Å². The molecule has 0 aliphatic heterocycles. The van der Waals surface area contributed by atoms with Crippen LogP contribution in [0.5, 0.6) is 0 Å². The fraction of sp³-hybridized carbons (Fsp3) is 1.00. The monoisotopic (exact) mass is 308 g/mol. The number of aliphatic hydroxyl groups is 1. The second kappa shape index (κ2) is 2.78. The highest BCUT2D eigenvalue weighted by atomic mass is 16.3. The van der Waals surface area contributed by atoms with Crippen molar-refractivity contribution in [3.63, 3.8) is 0 Å². The third-order valence-electron chi connectivity index (χ3n) is 12.5. The highest BCUT2D eigenvalue weighted by Crippen LogP contribution is 2.92. The molecule has 13 aliphatic rings. The standard InChI is InChI=1S/C22H28O/c23-20-4-14-13-6-21-3-9-1-10-12-7-22(8-20,18(14)16(10)21)19(15(13)5-20)17(21)11(12)2-9/h9-19,23H,1-8H2. The quantitative estimate of drug-likeness (QED) is 0.723. The summed E-state index contributed by atoms with van der Waals surface area (Å²) >= 11 is 0. The van der Waals surface area contributed by atoms with Gasteiger partial charge in [0.25, 0.3) is 0 Å². The zero-order chi connectivity index (χ0) is 14.5. The smallest absolute Gasteiger partial charge is 0.0659 e. The van der Waals surface area contributed by atoms with Gasteiger partial charge in [0.2, 0.25) is 0 Å². The molecule has 1 N–H and O–H groups in total. The molecule has 0 aromatic carbocycles. The van der Waals surface area contributed by atoms with Crippen molar-refractivity contribution < 1.29 is 5.11 Å². The topological polar surface area (TPSA) is 20.2 Å². The maximum atomic E-state index is 11.4. The Hall–Kier alpha value is -0.0400. The Labute approximate surface area is 138 Å². The number of hydrogen-bond donors (Lipinski definition) is 1. The van der Waals surface area contributed by atoms with Crippen molar-refractivity contribution in [3.05, 3.63) is 0 Å². The second-order valence-corrected chi connectivity index (χ2v) is 12.3. The summed E-state index contributed by atoms with van der Waals surface area (Å²) in [5, 5.41) is 11.4. The van der Waals surface area contributed by atoms with Gasteiger partial charge in [-0.25, -0.2) is 0 Å². The Morgan fingerprint density at radius 1 is 0.565 bits per heavy atom. The fourth-order valence-corrected chi connectivity index (χ4v) is 13.5. The Bertz CT molecular complexity index is 654. The van der Waals surface area contributed by atoms with Crippen molar-refractivity contribution in [1.29, 1.82) is 0 Å². The summed E-state index contributed by atoms with van der Waals surface area (Å²) in [5.41, 5.74) is 1.28. The van der Waals surface area contributed by atoms with Crippen LogP contribution in [0.15, 0.2) is 0 Å². The van der Waals surface area contributed by atoms with Crippen LogP contribution in [0.3, 0.4) is 0 Å². The van der Waals surface area contributed by atoms with Gasteiger partial charge in [-0.1, -0.05) is 0 Å². The van der Waals surface area contributed by atoms with Crippen LogP contribution in [-0.4, -0.2) is 10.7 Å². The molecule has 14 bridgehead atoms. The van der Waals surface area contributed by atoms with Crippen LogP contribution in [0.1, 0.15) is 51.4 Å². The van der Waals surface area contributed by atoms with Crippen molar-refractivity contribution in [3.8, 4) is 0 Å². The average molecular weight is 308 g/mol. The molecule has 0 aromatic heterocycles. The van der Waals surface area contributed by atoms with Gasteiger partial charge >= 0.3 is 0 Å². The van der Waals surface area contributed by atoms with Crippen molar-refractivity contribution in [2.45, 2.75) is 57.0 Å². The van der Waals surface area contributed by atoms with Gasteiger partial charge in [0.15, 0.2) is 0 Å². The predicted octanol–water partition coefficient (Wildman–Crippen LogP) is 3.71. The summed E-state index contributed by atoms with van der Waals surface area (Å²) in [7, 11) is 0. The molecule has 1 nitrogen and oxygen atoms in total. The van der Waals surface area contributed by atoms with Gasteiger partial charge in [-0.2, -0.15) is 0 Å². The van der Waals surface area contributed by atoms with E-state index in [2.05, 4.69) is 0 Å². The van der Waals surface area contributed by atoms with Gasteiger partial charge in [-0.05, 0) is 127 Å². The molecule has 13 aliphatic carbocycles. The molecule has 13 rings (SSSR count). The molecule has 0 saturated heterocycles. The lowest BCUT2D eigenvalue weighted by molar-refractivity contribution is -0.444. The van der Waals surface area contributed by atoms with Crippen LogP contribution in [0.4, 0.5) is 0 Å². The fourth-order valence-electron chi connectivity index (χ4n) is 13.5. The highest BCUT2D eigenvalue weighted by Gasteiger charge is 2.88. The van der Waals surface area contributed by atoms with Crippen molar-refractivity contribution in [2.75, 3.05) is 0 Å². The Balaban J connectivity index is 1.41. The summed E-state index contributed by atoms with van der Waals surface area (Å²) in [5.74, 6) is 12.0. The Morgan fingerprint density at radius 2 is 1.13 bits per heavy atom. The molecule has 122 valence electrons. The first kappa shape index (κ1) is 11.6. The minimum atomic E-state index is -0.216. The Kier molecular flexibility index (Phi) is 1.39.